The molecule has 0 unspecified atom stereocenters. The minimum absolute atomic E-state index is 0.454. The highest BCUT2D eigenvalue weighted by Crippen LogP contribution is 2.21. The van der Waals surface area contributed by atoms with Crippen molar-refractivity contribution in [2.75, 3.05) is 11.0 Å². The minimum atomic E-state index is -3.31. The molecule has 7 heteroatoms. The van der Waals surface area contributed by atoms with Gasteiger partial charge in [0.2, 0.25) is 10.0 Å². The maximum Gasteiger partial charge on any atom is 0.229 e. The number of nitrogens with one attached hydrogen (secondary N) is 1. The Morgan fingerprint density at radius 3 is 2.39 bits per heavy atom. The van der Waals surface area contributed by atoms with E-state index in [-0.39, 0.29) is 0 Å². The number of nitrogens with zero attached hydrogens (tertiary/aromatic N) is 2. The average molecular weight is 414 g/mol. The van der Waals surface area contributed by atoms with Crippen molar-refractivity contribution < 1.29 is 8.42 Å². The van der Waals surface area contributed by atoms with E-state index in [0.29, 0.717) is 12.1 Å². The first-order valence-electron chi connectivity index (χ1n) is 8.83. The SMILES string of the molecule is Cc1ccc(C(=S)c2c(C)cc(Cc3ccc(NS(C)(=O)=O)cn3)n2C)cc1. The van der Waals surface area contributed by atoms with Crippen LogP contribution in [0.25, 0.3) is 0 Å². The molecule has 0 atom stereocenters. The molecule has 1 aromatic carbocycles. The van der Waals surface area contributed by atoms with Crippen LogP contribution in [0.15, 0.2) is 48.7 Å². The predicted octanol–water partition coefficient (Wildman–Crippen LogP) is 3.77. The number of aryl methyl sites for hydroxylation is 2. The smallest absolute Gasteiger partial charge is 0.229 e. The fourth-order valence-electron chi connectivity index (χ4n) is 3.15. The topological polar surface area (TPSA) is 64.0 Å². The van der Waals surface area contributed by atoms with E-state index in [1.165, 1.54) is 11.8 Å². The third-order valence-electron chi connectivity index (χ3n) is 4.54. The summed E-state index contributed by atoms with van der Waals surface area (Å²) in [5.41, 5.74) is 6.80. The number of hydrogen-bond donors (Lipinski definition) is 1. The van der Waals surface area contributed by atoms with E-state index >= 15 is 0 Å². The van der Waals surface area contributed by atoms with Gasteiger partial charge in [-0.25, -0.2) is 8.42 Å². The summed E-state index contributed by atoms with van der Waals surface area (Å²) in [6, 6.07) is 13.9. The van der Waals surface area contributed by atoms with Gasteiger partial charge < -0.3 is 4.57 Å². The Kier molecular flexibility index (Phi) is 5.67. The first-order chi connectivity index (χ1) is 13.1. The highest BCUT2D eigenvalue weighted by molar-refractivity contribution is 7.92. The molecular weight excluding hydrogens is 390 g/mol. The number of benzene rings is 1. The molecule has 0 aliphatic rings. The Morgan fingerprint density at radius 1 is 1.14 bits per heavy atom. The summed E-state index contributed by atoms with van der Waals surface area (Å²) in [6.07, 6.45) is 3.28. The Balaban J connectivity index is 1.84. The van der Waals surface area contributed by atoms with E-state index in [2.05, 4.69) is 58.5 Å². The molecule has 0 saturated heterocycles. The Bertz CT molecular complexity index is 1110. The molecule has 3 aromatic rings. The molecule has 0 aliphatic heterocycles. The lowest BCUT2D eigenvalue weighted by Gasteiger charge is -2.11. The minimum Gasteiger partial charge on any atom is -0.346 e. The number of hydrogen-bond acceptors (Lipinski definition) is 4. The van der Waals surface area contributed by atoms with Crippen molar-refractivity contribution in [1.29, 1.82) is 0 Å². The Morgan fingerprint density at radius 2 is 1.82 bits per heavy atom. The zero-order chi connectivity index (χ0) is 20.5. The Labute approximate surface area is 171 Å². The molecule has 0 fully saturated rings. The zero-order valence-electron chi connectivity index (χ0n) is 16.4. The number of sulfonamides is 1. The van der Waals surface area contributed by atoms with Crippen molar-refractivity contribution in [3.63, 3.8) is 0 Å². The van der Waals surface area contributed by atoms with Crippen LogP contribution < -0.4 is 4.72 Å². The van der Waals surface area contributed by atoms with Crippen LogP contribution in [0.4, 0.5) is 5.69 Å². The normalized spacial score (nSPS) is 11.4. The summed E-state index contributed by atoms with van der Waals surface area (Å²) in [5, 5.41) is 0. The first-order valence-corrected chi connectivity index (χ1v) is 11.1. The van der Waals surface area contributed by atoms with Gasteiger partial charge in [0.25, 0.3) is 0 Å². The van der Waals surface area contributed by atoms with Gasteiger partial charge >= 0.3 is 0 Å². The molecule has 0 spiro atoms. The van der Waals surface area contributed by atoms with E-state index in [9.17, 15) is 8.42 Å². The second-order valence-electron chi connectivity index (χ2n) is 7.01. The third-order valence-corrected chi connectivity index (χ3v) is 5.58. The fourth-order valence-corrected chi connectivity index (χ4v) is 4.14. The van der Waals surface area contributed by atoms with Crippen LogP contribution in [0.1, 0.15) is 33.8 Å². The molecule has 0 bridgehead atoms. The standard InChI is InChI=1S/C21H23N3O2S2/c1-14-5-7-16(8-6-14)21(27)20-15(2)11-19(24(20)3)12-17-9-10-18(13-22-17)23-28(4,25)26/h5-11,13,23H,12H2,1-4H3. The van der Waals surface area contributed by atoms with Crippen molar-refractivity contribution in [2.45, 2.75) is 20.3 Å². The van der Waals surface area contributed by atoms with E-state index in [4.69, 9.17) is 12.2 Å². The molecule has 5 nitrogen and oxygen atoms in total. The van der Waals surface area contributed by atoms with Gasteiger partial charge in [-0.3, -0.25) is 9.71 Å². The van der Waals surface area contributed by atoms with Gasteiger partial charge in [-0.1, -0.05) is 42.0 Å². The van der Waals surface area contributed by atoms with Crippen LogP contribution in [0.3, 0.4) is 0 Å². The lowest BCUT2D eigenvalue weighted by Crippen LogP contribution is -2.11. The quantitative estimate of drug-likeness (QED) is 0.494. The number of aromatic nitrogens is 2. The summed E-state index contributed by atoms with van der Waals surface area (Å²) >= 11 is 5.75. The van der Waals surface area contributed by atoms with E-state index in [1.54, 1.807) is 6.07 Å². The van der Waals surface area contributed by atoms with E-state index in [0.717, 1.165) is 39.3 Å². The van der Waals surface area contributed by atoms with Gasteiger partial charge in [-0.05, 0) is 43.2 Å². The summed E-state index contributed by atoms with van der Waals surface area (Å²) in [4.78, 5) is 5.20. The summed E-state index contributed by atoms with van der Waals surface area (Å²) in [5.74, 6) is 0. The van der Waals surface area contributed by atoms with Crippen molar-refractivity contribution in [3.05, 3.63) is 82.4 Å². The molecule has 3 rings (SSSR count). The van der Waals surface area contributed by atoms with Crippen LogP contribution in [0.5, 0.6) is 0 Å². The molecule has 0 amide bonds. The second kappa shape index (κ2) is 7.85. The number of anilines is 1. The van der Waals surface area contributed by atoms with E-state index in [1.807, 2.05) is 13.1 Å². The highest BCUT2D eigenvalue weighted by Gasteiger charge is 2.16. The predicted molar refractivity (Wildman–Crippen MR) is 118 cm³/mol. The molecule has 2 heterocycles. The third kappa shape index (κ3) is 4.66. The number of rotatable bonds is 6. The molecule has 0 saturated carbocycles. The van der Waals surface area contributed by atoms with Crippen molar-refractivity contribution in [3.8, 4) is 0 Å². The van der Waals surface area contributed by atoms with Crippen molar-refractivity contribution in [1.82, 2.24) is 9.55 Å². The second-order valence-corrected chi connectivity index (χ2v) is 9.17. The van der Waals surface area contributed by atoms with Crippen LogP contribution in [-0.4, -0.2) is 29.1 Å². The molecule has 0 radical (unpaired) electrons. The van der Waals surface area contributed by atoms with Crippen LogP contribution in [-0.2, 0) is 23.5 Å². The first kappa shape index (κ1) is 20.2. The number of pyridine rings is 1. The van der Waals surface area contributed by atoms with Gasteiger partial charge in [0.05, 0.1) is 28.7 Å². The summed E-state index contributed by atoms with van der Waals surface area (Å²) in [6.45, 7) is 4.12. The molecule has 146 valence electrons. The summed E-state index contributed by atoms with van der Waals surface area (Å²) < 4.78 is 27.1. The number of thiocarbonyl (C=S) groups is 1. The van der Waals surface area contributed by atoms with Crippen molar-refractivity contribution in [2.24, 2.45) is 7.05 Å². The molecule has 0 aliphatic carbocycles. The Hall–Kier alpha value is -2.51. The van der Waals surface area contributed by atoms with Crippen LogP contribution >= 0.6 is 12.2 Å². The zero-order valence-corrected chi connectivity index (χ0v) is 18.0. The highest BCUT2D eigenvalue weighted by atomic mass is 32.2. The molecular formula is C21H23N3O2S2. The largest absolute Gasteiger partial charge is 0.346 e. The van der Waals surface area contributed by atoms with Gasteiger partial charge in [-0.15, -0.1) is 0 Å². The maximum atomic E-state index is 11.3. The molecule has 1 N–H and O–H groups in total. The van der Waals surface area contributed by atoms with Gasteiger partial charge in [0, 0.05) is 24.9 Å². The van der Waals surface area contributed by atoms with Gasteiger partial charge in [0.15, 0.2) is 0 Å². The van der Waals surface area contributed by atoms with Gasteiger partial charge in [-0.2, -0.15) is 0 Å². The lowest BCUT2D eigenvalue weighted by molar-refractivity contribution is 0.607. The monoisotopic (exact) mass is 413 g/mol. The maximum absolute atomic E-state index is 11.3. The van der Waals surface area contributed by atoms with Crippen LogP contribution in [0.2, 0.25) is 0 Å². The fraction of sp³-hybridized carbons (Fsp3) is 0.238. The van der Waals surface area contributed by atoms with Crippen LogP contribution in [0, 0.1) is 13.8 Å². The van der Waals surface area contributed by atoms with E-state index < -0.39 is 10.0 Å². The molecule has 28 heavy (non-hydrogen) atoms. The summed E-state index contributed by atoms with van der Waals surface area (Å²) in [7, 11) is -1.29. The lowest BCUT2D eigenvalue weighted by atomic mass is 10.1. The van der Waals surface area contributed by atoms with Crippen molar-refractivity contribution >= 4 is 32.8 Å². The molecule has 2 aromatic heterocycles. The van der Waals surface area contributed by atoms with Gasteiger partial charge in [0.1, 0.15) is 0 Å². The average Bonchev–Trinajstić information content (AvgIpc) is 2.89.